The van der Waals surface area contributed by atoms with E-state index < -0.39 is 5.25 Å². The molecule has 1 aromatic carbocycles. The highest BCUT2D eigenvalue weighted by atomic mass is 32.2. The average molecular weight is 446 g/mol. The summed E-state index contributed by atoms with van der Waals surface area (Å²) in [5.41, 5.74) is 2.44. The number of amides is 2. The maximum absolute atomic E-state index is 13.2. The van der Waals surface area contributed by atoms with Gasteiger partial charge < -0.3 is 15.2 Å². The molecule has 0 fully saturated rings. The Labute approximate surface area is 183 Å². The molecule has 3 rings (SSSR count). The van der Waals surface area contributed by atoms with Crippen LogP contribution >= 0.6 is 11.8 Å². The molecule has 10 heteroatoms. The first-order valence-electron chi connectivity index (χ1n) is 9.70. The maximum atomic E-state index is 13.2. The van der Waals surface area contributed by atoms with Gasteiger partial charge in [-0.1, -0.05) is 5.16 Å². The number of aryl methyl sites for hydroxylation is 1. The van der Waals surface area contributed by atoms with Crippen molar-refractivity contribution < 1.29 is 18.5 Å². The van der Waals surface area contributed by atoms with Gasteiger partial charge in [0.2, 0.25) is 11.8 Å². The molecular weight excluding hydrogens is 421 g/mol. The molecule has 0 aliphatic heterocycles. The van der Waals surface area contributed by atoms with E-state index in [1.54, 1.807) is 42.9 Å². The van der Waals surface area contributed by atoms with E-state index in [4.69, 9.17) is 4.52 Å². The van der Waals surface area contributed by atoms with Crippen LogP contribution in [0.4, 0.5) is 10.2 Å². The lowest BCUT2D eigenvalue weighted by Gasteiger charge is -2.15. The molecule has 0 aliphatic rings. The van der Waals surface area contributed by atoms with Crippen molar-refractivity contribution in [3.63, 3.8) is 0 Å². The van der Waals surface area contributed by atoms with Crippen LogP contribution in [0.25, 0.3) is 5.69 Å². The fourth-order valence-electron chi connectivity index (χ4n) is 2.98. The van der Waals surface area contributed by atoms with E-state index in [2.05, 4.69) is 20.9 Å². The quantitative estimate of drug-likeness (QED) is 0.550. The second-order valence-electron chi connectivity index (χ2n) is 7.13. The van der Waals surface area contributed by atoms with Gasteiger partial charge in [-0.15, -0.1) is 11.8 Å². The van der Waals surface area contributed by atoms with Crippen LogP contribution in [0.15, 0.2) is 41.1 Å². The summed E-state index contributed by atoms with van der Waals surface area (Å²) in [7, 11) is 0. The zero-order valence-electron chi connectivity index (χ0n) is 17.7. The molecule has 2 amide bonds. The standard InChI is InChI=1S/C21H24FN5O3S/c1-12-9-19(26-30-12)25-21(29)15(4)31-11-20(28)24-13(2)18-10-23-27(14(18)3)17-7-5-16(22)6-8-17/h5-10,13,15H,11H2,1-4H3,(H,24,28)(H,25,26,29). The van der Waals surface area contributed by atoms with Gasteiger partial charge in [-0.25, -0.2) is 9.07 Å². The van der Waals surface area contributed by atoms with Gasteiger partial charge in [-0.3, -0.25) is 9.59 Å². The zero-order valence-corrected chi connectivity index (χ0v) is 18.5. The fourth-order valence-corrected chi connectivity index (χ4v) is 3.68. The lowest BCUT2D eigenvalue weighted by atomic mass is 10.1. The van der Waals surface area contributed by atoms with Gasteiger partial charge in [0, 0.05) is 17.3 Å². The normalized spacial score (nSPS) is 12.9. The van der Waals surface area contributed by atoms with E-state index >= 15 is 0 Å². The third kappa shape index (κ3) is 5.72. The van der Waals surface area contributed by atoms with E-state index in [1.807, 2.05) is 13.8 Å². The number of halogens is 1. The number of benzene rings is 1. The zero-order chi connectivity index (χ0) is 22.5. The molecule has 3 aromatic rings. The number of hydrogen-bond donors (Lipinski definition) is 2. The molecule has 2 heterocycles. The Morgan fingerprint density at radius 1 is 1.23 bits per heavy atom. The molecule has 2 N–H and O–H groups in total. The molecular formula is C21H24FN5O3S. The Morgan fingerprint density at radius 2 is 1.94 bits per heavy atom. The van der Waals surface area contributed by atoms with Gasteiger partial charge >= 0.3 is 0 Å². The molecule has 2 unspecified atom stereocenters. The Hall–Kier alpha value is -3.14. The lowest BCUT2D eigenvalue weighted by Crippen LogP contribution is -2.30. The first kappa shape index (κ1) is 22.5. The van der Waals surface area contributed by atoms with Crippen molar-refractivity contribution >= 4 is 29.4 Å². The summed E-state index contributed by atoms with van der Waals surface area (Å²) >= 11 is 1.22. The molecule has 8 nitrogen and oxygen atoms in total. The third-order valence-corrected chi connectivity index (χ3v) is 5.82. The van der Waals surface area contributed by atoms with Crippen LogP contribution in [0.1, 0.15) is 36.9 Å². The summed E-state index contributed by atoms with van der Waals surface area (Å²) in [6.07, 6.45) is 1.69. The number of carbonyl (C=O) groups is 2. The maximum Gasteiger partial charge on any atom is 0.238 e. The predicted molar refractivity (Wildman–Crippen MR) is 117 cm³/mol. The molecule has 0 saturated heterocycles. The van der Waals surface area contributed by atoms with Crippen LogP contribution in [-0.2, 0) is 9.59 Å². The molecule has 2 atom stereocenters. The van der Waals surface area contributed by atoms with Crippen LogP contribution in [-0.4, -0.2) is 37.8 Å². The Bertz CT molecular complexity index is 1060. The molecule has 0 spiro atoms. The molecule has 0 bridgehead atoms. The number of nitrogens with one attached hydrogen (secondary N) is 2. The number of nitrogens with zero attached hydrogens (tertiary/aromatic N) is 3. The SMILES string of the molecule is Cc1cc(NC(=O)C(C)SCC(=O)NC(C)c2cnn(-c3ccc(F)cc3)c2C)no1. The van der Waals surface area contributed by atoms with E-state index in [0.717, 1.165) is 16.9 Å². The minimum atomic E-state index is -0.443. The van der Waals surface area contributed by atoms with Gasteiger partial charge in [0.05, 0.1) is 28.9 Å². The summed E-state index contributed by atoms with van der Waals surface area (Å²) in [4.78, 5) is 24.6. The molecule has 0 aliphatic carbocycles. The molecule has 164 valence electrons. The number of thioether (sulfide) groups is 1. The highest BCUT2D eigenvalue weighted by Gasteiger charge is 2.19. The lowest BCUT2D eigenvalue weighted by molar-refractivity contribution is -0.119. The predicted octanol–water partition coefficient (Wildman–Crippen LogP) is 3.55. The van der Waals surface area contributed by atoms with Crippen molar-refractivity contribution in [2.75, 3.05) is 11.1 Å². The number of aromatic nitrogens is 3. The van der Waals surface area contributed by atoms with Crippen LogP contribution < -0.4 is 10.6 Å². The summed E-state index contributed by atoms with van der Waals surface area (Å²) in [6, 6.07) is 7.39. The first-order valence-corrected chi connectivity index (χ1v) is 10.7. The van der Waals surface area contributed by atoms with Crippen LogP contribution in [0.5, 0.6) is 0 Å². The summed E-state index contributed by atoms with van der Waals surface area (Å²) in [5, 5.41) is 13.2. The third-order valence-electron chi connectivity index (χ3n) is 4.68. The molecule has 2 aromatic heterocycles. The van der Waals surface area contributed by atoms with E-state index in [1.165, 1.54) is 23.9 Å². The Kier molecular flexibility index (Phi) is 7.11. The van der Waals surface area contributed by atoms with Gasteiger partial charge in [0.15, 0.2) is 5.82 Å². The van der Waals surface area contributed by atoms with Crippen molar-refractivity contribution in [3.05, 3.63) is 59.4 Å². The van der Waals surface area contributed by atoms with Crippen LogP contribution in [0.3, 0.4) is 0 Å². The second-order valence-corrected chi connectivity index (χ2v) is 8.46. The summed E-state index contributed by atoms with van der Waals surface area (Å²) in [5.74, 6) is 0.315. The van der Waals surface area contributed by atoms with E-state index in [9.17, 15) is 14.0 Å². The fraction of sp³-hybridized carbons (Fsp3) is 0.333. The van der Waals surface area contributed by atoms with Crippen molar-refractivity contribution in [1.29, 1.82) is 0 Å². The van der Waals surface area contributed by atoms with Gasteiger partial charge in [0.25, 0.3) is 0 Å². The number of anilines is 1. The van der Waals surface area contributed by atoms with E-state index in [-0.39, 0.29) is 29.4 Å². The highest BCUT2D eigenvalue weighted by molar-refractivity contribution is 8.01. The Morgan fingerprint density at radius 3 is 2.58 bits per heavy atom. The van der Waals surface area contributed by atoms with Crippen molar-refractivity contribution in [2.45, 2.75) is 39.0 Å². The molecule has 0 saturated carbocycles. The van der Waals surface area contributed by atoms with Gasteiger partial charge in [-0.05, 0) is 52.0 Å². The van der Waals surface area contributed by atoms with Crippen molar-refractivity contribution in [2.24, 2.45) is 0 Å². The number of rotatable bonds is 8. The van der Waals surface area contributed by atoms with Crippen LogP contribution in [0, 0.1) is 19.7 Å². The minimum absolute atomic E-state index is 0.127. The van der Waals surface area contributed by atoms with Crippen LogP contribution in [0.2, 0.25) is 0 Å². The minimum Gasteiger partial charge on any atom is -0.360 e. The van der Waals surface area contributed by atoms with Crippen molar-refractivity contribution in [1.82, 2.24) is 20.3 Å². The monoisotopic (exact) mass is 445 g/mol. The molecule has 0 radical (unpaired) electrons. The largest absolute Gasteiger partial charge is 0.360 e. The Balaban J connectivity index is 1.52. The summed E-state index contributed by atoms with van der Waals surface area (Å²) in [6.45, 7) is 7.21. The molecule has 31 heavy (non-hydrogen) atoms. The first-order chi connectivity index (χ1) is 14.7. The second kappa shape index (κ2) is 9.78. The van der Waals surface area contributed by atoms with Crippen molar-refractivity contribution in [3.8, 4) is 5.69 Å². The average Bonchev–Trinajstić information content (AvgIpc) is 3.32. The summed E-state index contributed by atoms with van der Waals surface area (Å²) < 4.78 is 19.8. The topological polar surface area (TPSA) is 102 Å². The van der Waals surface area contributed by atoms with E-state index in [0.29, 0.717) is 11.6 Å². The highest BCUT2D eigenvalue weighted by Crippen LogP contribution is 2.21. The number of hydrogen-bond acceptors (Lipinski definition) is 6. The van der Waals surface area contributed by atoms with Gasteiger partial charge in [-0.2, -0.15) is 5.10 Å². The van der Waals surface area contributed by atoms with Gasteiger partial charge in [0.1, 0.15) is 11.6 Å². The number of carbonyl (C=O) groups excluding carboxylic acids is 2. The smallest absolute Gasteiger partial charge is 0.238 e.